The van der Waals surface area contributed by atoms with Gasteiger partial charge in [0.15, 0.2) is 6.29 Å². The van der Waals surface area contributed by atoms with Gasteiger partial charge in [0.1, 0.15) is 11.9 Å². The van der Waals surface area contributed by atoms with Crippen LogP contribution in [0.2, 0.25) is 0 Å². The Balaban J connectivity index is 1.44. The van der Waals surface area contributed by atoms with Crippen molar-refractivity contribution in [2.75, 3.05) is 6.61 Å². The summed E-state index contributed by atoms with van der Waals surface area (Å²) in [6, 6.07) is 8.29. The molecule has 1 heterocycles. The van der Waals surface area contributed by atoms with Crippen molar-refractivity contribution in [2.24, 2.45) is 0 Å². The van der Waals surface area contributed by atoms with E-state index < -0.39 is 0 Å². The second-order valence-electron chi connectivity index (χ2n) is 9.95. The van der Waals surface area contributed by atoms with E-state index in [1.165, 1.54) is 56.9 Å². The van der Waals surface area contributed by atoms with Gasteiger partial charge in [-0.25, -0.2) is 0 Å². The van der Waals surface area contributed by atoms with Gasteiger partial charge in [-0.15, -0.1) is 0 Å². The van der Waals surface area contributed by atoms with Gasteiger partial charge in [-0.2, -0.15) is 0 Å². The Morgan fingerprint density at radius 1 is 0.879 bits per heavy atom. The van der Waals surface area contributed by atoms with E-state index in [1.807, 2.05) is 12.1 Å². The van der Waals surface area contributed by atoms with Crippen LogP contribution in [0.1, 0.15) is 128 Å². The van der Waals surface area contributed by atoms with Crippen LogP contribution in [0.15, 0.2) is 24.3 Å². The molecule has 0 aromatic heterocycles. The topological polar surface area (TPSA) is 44.8 Å². The van der Waals surface area contributed by atoms with Crippen LogP contribution >= 0.6 is 0 Å². The van der Waals surface area contributed by atoms with Gasteiger partial charge in [-0.1, -0.05) is 82.9 Å². The lowest BCUT2D eigenvalue weighted by atomic mass is 9.81. The Morgan fingerprint density at radius 2 is 1.58 bits per heavy atom. The van der Waals surface area contributed by atoms with Crippen molar-refractivity contribution in [1.29, 1.82) is 0 Å². The third kappa shape index (κ3) is 9.31. The molecular formula is C29H46O4. The van der Waals surface area contributed by atoms with Crippen LogP contribution in [-0.4, -0.2) is 25.0 Å². The summed E-state index contributed by atoms with van der Waals surface area (Å²) in [7, 11) is 0. The molecule has 3 atom stereocenters. The van der Waals surface area contributed by atoms with E-state index in [0.29, 0.717) is 6.42 Å². The molecule has 4 heteroatoms. The minimum atomic E-state index is -0.156. The Morgan fingerprint density at radius 3 is 2.33 bits per heavy atom. The van der Waals surface area contributed by atoms with Gasteiger partial charge >= 0.3 is 5.97 Å². The van der Waals surface area contributed by atoms with E-state index in [9.17, 15) is 4.79 Å². The van der Waals surface area contributed by atoms with Crippen LogP contribution in [0.25, 0.3) is 0 Å². The van der Waals surface area contributed by atoms with Crippen molar-refractivity contribution in [3.8, 4) is 5.75 Å². The predicted octanol–water partition coefficient (Wildman–Crippen LogP) is 8.08. The summed E-state index contributed by atoms with van der Waals surface area (Å²) < 4.78 is 18.1. The highest BCUT2D eigenvalue weighted by molar-refractivity contribution is 5.69. The lowest BCUT2D eigenvalue weighted by Gasteiger charge is -2.33. The molecule has 2 aliphatic rings. The summed E-state index contributed by atoms with van der Waals surface area (Å²) in [5.74, 6) is 1.09. The molecule has 0 spiro atoms. The first-order chi connectivity index (χ1) is 16.3. The smallest absolute Gasteiger partial charge is 0.306 e. The molecule has 1 saturated carbocycles. The Kier molecular flexibility index (Phi) is 12.1. The van der Waals surface area contributed by atoms with Crippen molar-refractivity contribution in [3.05, 3.63) is 29.8 Å². The zero-order valence-corrected chi connectivity index (χ0v) is 20.9. The van der Waals surface area contributed by atoms with E-state index in [0.717, 1.165) is 63.7 Å². The molecule has 3 rings (SSSR count). The maximum Gasteiger partial charge on any atom is 0.306 e. The van der Waals surface area contributed by atoms with Crippen molar-refractivity contribution in [1.82, 2.24) is 0 Å². The molecule has 0 N–H and O–H groups in total. The van der Waals surface area contributed by atoms with E-state index in [1.54, 1.807) is 0 Å². The first kappa shape index (κ1) is 26.1. The number of carbonyl (C=O) groups is 1. The SMILES string of the molecule is CCCCCCCCCCCC(=O)O[C@@H]1CCCC[C@H]1c1ccccc1OC1CCCCO1. The first-order valence-corrected chi connectivity index (χ1v) is 13.8. The van der Waals surface area contributed by atoms with Crippen molar-refractivity contribution >= 4 is 5.97 Å². The molecule has 1 aromatic carbocycles. The Hall–Kier alpha value is -1.55. The molecule has 186 valence electrons. The fourth-order valence-corrected chi connectivity index (χ4v) is 5.24. The summed E-state index contributed by atoms with van der Waals surface area (Å²) in [6.45, 7) is 3.03. The number of rotatable bonds is 14. The normalized spacial score (nSPS) is 23.2. The third-order valence-corrected chi connectivity index (χ3v) is 7.18. The number of carbonyl (C=O) groups excluding carboxylic acids is 1. The molecule has 1 aromatic rings. The standard InChI is InChI=1S/C29H46O4/c1-2-3-4-5-6-7-8-9-10-21-28(30)32-26-19-13-11-17-24(26)25-18-12-14-20-27(25)33-29-22-15-16-23-31-29/h12,14,18,20,24,26,29H,2-11,13,15-17,19,21-23H2,1H3/t24-,26+,29?/m0/s1. The highest BCUT2D eigenvalue weighted by Gasteiger charge is 2.32. The zero-order valence-electron chi connectivity index (χ0n) is 20.9. The van der Waals surface area contributed by atoms with Crippen LogP contribution in [0.5, 0.6) is 5.75 Å². The molecular weight excluding hydrogens is 412 g/mol. The second kappa shape index (κ2) is 15.4. The van der Waals surface area contributed by atoms with Crippen LogP contribution < -0.4 is 4.74 Å². The lowest BCUT2D eigenvalue weighted by molar-refractivity contribution is -0.151. The van der Waals surface area contributed by atoms with E-state index in [4.69, 9.17) is 14.2 Å². The highest BCUT2D eigenvalue weighted by Crippen LogP contribution is 2.40. The molecule has 33 heavy (non-hydrogen) atoms. The van der Waals surface area contributed by atoms with Crippen LogP contribution in [-0.2, 0) is 14.3 Å². The minimum Gasteiger partial charge on any atom is -0.465 e. The van der Waals surface area contributed by atoms with Gasteiger partial charge in [0.05, 0.1) is 6.61 Å². The highest BCUT2D eigenvalue weighted by atomic mass is 16.7. The Bertz CT molecular complexity index is 667. The van der Waals surface area contributed by atoms with Crippen molar-refractivity contribution in [2.45, 2.75) is 134 Å². The van der Waals surface area contributed by atoms with Crippen LogP contribution in [0, 0.1) is 0 Å². The van der Waals surface area contributed by atoms with Crippen molar-refractivity contribution < 1.29 is 19.0 Å². The maximum absolute atomic E-state index is 12.6. The second-order valence-corrected chi connectivity index (χ2v) is 9.95. The Labute approximate surface area is 201 Å². The lowest BCUT2D eigenvalue weighted by Crippen LogP contribution is -2.30. The average Bonchev–Trinajstić information content (AvgIpc) is 2.84. The number of hydrogen-bond donors (Lipinski definition) is 0. The number of para-hydroxylation sites is 1. The van der Waals surface area contributed by atoms with Crippen molar-refractivity contribution in [3.63, 3.8) is 0 Å². The summed E-state index contributed by atoms with van der Waals surface area (Å²) in [6.07, 6.45) is 19.2. The number of benzene rings is 1. The van der Waals surface area contributed by atoms with Gasteiger partial charge < -0.3 is 14.2 Å². The molecule has 2 fully saturated rings. The van der Waals surface area contributed by atoms with Gasteiger partial charge in [-0.05, 0) is 44.6 Å². The molecule has 1 aliphatic carbocycles. The number of unbranched alkanes of at least 4 members (excludes halogenated alkanes) is 8. The van der Waals surface area contributed by atoms with E-state index in [-0.39, 0.29) is 24.3 Å². The number of hydrogen-bond acceptors (Lipinski definition) is 4. The summed E-state index contributed by atoms with van der Waals surface area (Å²) in [5, 5.41) is 0. The molecule has 0 bridgehead atoms. The predicted molar refractivity (Wildman–Crippen MR) is 134 cm³/mol. The van der Waals surface area contributed by atoms with Gasteiger partial charge in [-0.3, -0.25) is 4.79 Å². The van der Waals surface area contributed by atoms with Gasteiger partial charge in [0, 0.05) is 24.3 Å². The first-order valence-electron chi connectivity index (χ1n) is 13.8. The minimum absolute atomic E-state index is 0.0242. The monoisotopic (exact) mass is 458 g/mol. The zero-order chi connectivity index (χ0) is 23.1. The van der Waals surface area contributed by atoms with Crippen LogP contribution in [0.4, 0.5) is 0 Å². The van der Waals surface area contributed by atoms with E-state index >= 15 is 0 Å². The van der Waals surface area contributed by atoms with E-state index in [2.05, 4.69) is 19.1 Å². The fraction of sp³-hybridized carbons (Fsp3) is 0.759. The number of ether oxygens (including phenoxy) is 3. The molecule has 0 radical (unpaired) electrons. The molecule has 0 amide bonds. The van der Waals surface area contributed by atoms with Gasteiger partial charge in [0.2, 0.25) is 0 Å². The third-order valence-electron chi connectivity index (χ3n) is 7.18. The quantitative estimate of drug-likeness (QED) is 0.209. The molecule has 4 nitrogen and oxygen atoms in total. The molecule has 1 saturated heterocycles. The maximum atomic E-state index is 12.6. The summed E-state index contributed by atoms with van der Waals surface area (Å²) in [4.78, 5) is 12.6. The number of esters is 1. The molecule has 1 aliphatic heterocycles. The fourth-order valence-electron chi connectivity index (χ4n) is 5.24. The summed E-state index contributed by atoms with van der Waals surface area (Å²) in [5.41, 5.74) is 1.17. The largest absolute Gasteiger partial charge is 0.465 e. The molecule has 1 unspecified atom stereocenters. The summed E-state index contributed by atoms with van der Waals surface area (Å²) >= 11 is 0. The van der Waals surface area contributed by atoms with Crippen LogP contribution in [0.3, 0.4) is 0 Å². The van der Waals surface area contributed by atoms with Gasteiger partial charge in [0.25, 0.3) is 0 Å². The average molecular weight is 459 g/mol.